The first-order valence-corrected chi connectivity index (χ1v) is 10.7. The molecule has 0 unspecified atom stereocenters. The number of benzene rings is 1. The number of halogens is 2. The van der Waals surface area contributed by atoms with Crippen molar-refractivity contribution in [3.63, 3.8) is 0 Å². The minimum absolute atomic E-state index is 0.160. The van der Waals surface area contributed by atoms with Gasteiger partial charge in [-0.2, -0.15) is 8.78 Å². The molecule has 170 valence electrons. The van der Waals surface area contributed by atoms with E-state index in [1.807, 2.05) is 17.5 Å². The average Bonchev–Trinajstić information content (AvgIpc) is 3.15. The Hall–Kier alpha value is -3.66. The lowest BCUT2D eigenvalue weighted by atomic mass is 10.1. The smallest absolute Gasteiger partial charge is 0.387 e. The third kappa shape index (κ3) is 4.47. The van der Waals surface area contributed by atoms with Crippen LogP contribution >= 0.6 is 0 Å². The van der Waals surface area contributed by atoms with Gasteiger partial charge in [-0.1, -0.05) is 18.2 Å². The second-order valence-corrected chi connectivity index (χ2v) is 7.82. The van der Waals surface area contributed by atoms with Crippen molar-refractivity contribution in [1.29, 1.82) is 0 Å². The Morgan fingerprint density at radius 1 is 1.06 bits per heavy atom. The zero-order chi connectivity index (χ0) is 22.8. The molecular weight excluding hydrogens is 428 g/mol. The number of ether oxygens (including phenoxy) is 1. The van der Waals surface area contributed by atoms with Crippen molar-refractivity contribution in [3.05, 3.63) is 66.0 Å². The van der Waals surface area contributed by atoms with Crippen molar-refractivity contribution in [3.8, 4) is 17.0 Å². The third-order valence-electron chi connectivity index (χ3n) is 5.69. The van der Waals surface area contributed by atoms with Crippen molar-refractivity contribution < 1.29 is 13.5 Å². The zero-order valence-corrected chi connectivity index (χ0v) is 18.1. The highest BCUT2D eigenvalue weighted by Crippen LogP contribution is 2.26. The number of hydrogen-bond donors (Lipinski definition) is 1. The van der Waals surface area contributed by atoms with Crippen LogP contribution in [0.1, 0.15) is 17.0 Å². The number of hydrogen-bond acceptors (Lipinski definition) is 7. The van der Waals surface area contributed by atoms with Crippen molar-refractivity contribution in [1.82, 2.24) is 29.7 Å². The molecule has 33 heavy (non-hydrogen) atoms. The van der Waals surface area contributed by atoms with Crippen LogP contribution in [0.4, 0.5) is 14.7 Å². The van der Waals surface area contributed by atoms with Crippen LogP contribution in [-0.4, -0.2) is 57.1 Å². The van der Waals surface area contributed by atoms with Crippen LogP contribution in [0.3, 0.4) is 0 Å². The fourth-order valence-electron chi connectivity index (χ4n) is 4.01. The van der Waals surface area contributed by atoms with Crippen molar-refractivity contribution in [2.24, 2.45) is 0 Å². The van der Waals surface area contributed by atoms with Crippen LogP contribution in [-0.2, 0) is 6.42 Å². The predicted molar refractivity (Wildman–Crippen MR) is 120 cm³/mol. The number of aryl methyl sites for hydroxylation is 1. The van der Waals surface area contributed by atoms with Gasteiger partial charge in [-0.3, -0.25) is 9.38 Å². The van der Waals surface area contributed by atoms with E-state index in [4.69, 9.17) is 4.74 Å². The molecule has 0 atom stereocenters. The molecule has 4 heterocycles. The van der Waals surface area contributed by atoms with E-state index in [2.05, 4.69) is 30.2 Å². The molecule has 1 saturated heterocycles. The number of piperazine rings is 1. The molecule has 1 aliphatic heterocycles. The van der Waals surface area contributed by atoms with Crippen molar-refractivity contribution in [2.45, 2.75) is 20.0 Å². The summed E-state index contributed by atoms with van der Waals surface area (Å²) in [4.78, 5) is 20.3. The maximum absolute atomic E-state index is 12.8. The van der Waals surface area contributed by atoms with E-state index < -0.39 is 6.61 Å². The summed E-state index contributed by atoms with van der Waals surface area (Å²) in [5.41, 5.74) is 4.49. The molecule has 10 heteroatoms. The Morgan fingerprint density at radius 2 is 1.82 bits per heavy atom. The first kappa shape index (κ1) is 21.2. The number of imidazole rings is 1. The van der Waals surface area contributed by atoms with Crippen LogP contribution in [0.2, 0.25) is 0 Å². The van der Waals surface area contributed by atoms with Gasteiger partial charge in [0.25, 0.3) is 0 Å². The van der Waals surface area contributed by atoms with Crippen LogP contribution in [0, 0.1) is 6.92 Å². The van der Waals surface area contributed by atoms with E-state index in [-0.39, 0.29) is 5.75 Å². The largest absolute Gasteiger partial charge is 0.435 e. The molecule has 1 aliphatic rings. The second-order valence-electron chi connectivity index (χ2n) is 7.82. The second kappa shape index (κ2) is 9.07. The Bertz CT molecular complexity index is 1250. The molecule has 0 bridgehead atoms. The fraction of sp³-hybridized carbons (Fsp3) is 0.304. The highest BCUT2D eigenvalue weighted by Gasteiger charge is 2.16. The Morgan fingerprint density at radius 3 is 2.58 bits per heavy atom. The lowest BCUT2D eigenvalue weighted by molar-refractivity contribution is -0.0503. The van der Waals surface area contributed by atoms with Crippen LogP contribution in [0.15, 0.2) is 49.1 Å². The van der Waals surface area contributed by atoms with Gasteiger partial charge in [-0.05, 0) is 13.0 Å². The molecule has 1 aromatic carbocycles. The van der Waals surface area contributed by atoms with Gasteiger partial charge in [0.05, 0.1) is 23.3 Å². The summed E-state index contributed by atoms with van der Waals surface area (Å²) in [6.07, 6.45) is 7.50. The van der Waals surface area contributed by atoms with E-state index in [1.54, 1.807) is 42.9 Å². The summed E-state index contributed by atoms with van der Waals surface area (Å²) in [7, 11) is 0. The minimum Gasteiger partial charge on any atom is -0.435 e. The number of para-hydroxylation sites is 1. The summed E-state index contributed by atoms with van der Waals surface area (Å²) in [5, 5.41) is 3.32. The monoisotopic (exact) mass is 451 g/mol. The van der Waals surface area contributed by atoms with Gasteiger partial charge in [-0.15, -0.1) is 0 Å². The topological polar surface area (TPSA) is 80.5 Å². The number of fused-ring (bicyclic) bond motifs is 1. The minimum atomic E-state index is -2.88. The van der Waals surface area contributed by atoms with Gasteiger partial charge in [0.1, 0.15) is 5.75 Å². The summed E-state index contributed by atoms with van der Waals surface area (Å²) >= 11 is 0. The quantitative estimate of drug-likeness (QED) is 0.483. The first-order chi connectivity index (χ1) is 16.1. The van der Waals surface area contributed by atoms with Gasteiger partial charge in [0, 0.05) is 62.3 Å². The molecular formula is C23H23F2N7O. The zero-order valence-electron chi connectivity index (χ0n) is 18.1. The number of nitrogens with zero attached hydrogens (tertiary/aromatic N) is 6. The molecule has 0 spiro atoms. The highest BCUT2D eigenvalue weighted by atomic mass is 19.3. The van der Waals surface area contributed by atoms with Gasteiger partial charge in [0.2, 0.25) is 5.95 Å². The van der Waals surface area contributed by atoms with Gasteiger partial charge >= 0.3 is 6.61 Å². The molecule has 0 amide bonds. The molecule has 3 aromatic heterocycles. The highest BCUT2D eigenvalue weighted by molar-refractivity contribution is 5.59. The summed E-state index contributed by atoms with van der Waals surface area (Å²) in [6, 6.07) is 6.80. The lowest BCUT2D eigenvalue weighted by Crippen LogP contribution is -2.44. The number of rotatable bonds is 6. The maximum atomic E-state index is 12.8. The number of anilines is 1. The standard InChI is InChI=1S/C23H23F2N7O/c1-15-19(10-16-4-2-3-5-20(16)33-22(24)25)32-14-18(27-13-21(32)30-15)17-11-28-23(29-12-17)31-8-6-26-7-9-31/h2-5,11-14,22,26H,6-10H2,1H3. The Kier molecular flexibility index (Phi) is 5.82. The van der Waals surface area contributed by atoms with Crippen molar-refractivity contribution >= 4 is 11.6 Å². The molecule has 0 radical (unpaired) electrons. The molecule has 4 aromatic rings. The summed E-state index contributed by atoms with van der Waals surface area (Å²) in [5.74, 6) is 0.865. The average molecular weight is 451 g/mol. The molecule has 0 aliphatic carbocycles. The van der Waals surface area contributed by atoms with E-state index in [9.17, 15) is 8.78 Å². The summed E-state index contributed by atoms with van der Waals surface area (Å²) in [6.45, 7) is 2.59. The van der Waals surface area contributed by atoms with Crippen LogP contribution in [0.5, 0.6) is 5.75 Å². The maximum Gasteiger partial charge on any atom is 0.387 e. The van der Waals surface area contributed by atoms with Crippen LogP contribution < -0.4 is 15.0 Å². The molecule has 8 nitrogen and oxygen atoms in total. The van der Waals surface area contributed by atoms with E-state index in [0.29, 0.717) is 29.3 Å². The Balaban J connectivity index is 1.46. The normalized spacial score (nSPS) is 14.2. The van der Waals surface area contributed by atoms with E-state index in [1.165, 1.54) is 0 Å². The van der Waals surface area contributed by atoms with Gasteiger partial charge in [0.15, 0.2) is 5.65 Å². The lowest BCUT2D eigenvalue weighted by Gasteiger charge is -2.27. The fourth-order valence-corrected chi connectivity index (χ4v) is 4.01. The molecule has 1 fully saturated rings. The molecule has 1 N–H and O–H groups in total. The predicted octanol–water partition coefficient (Wildman–Crippen LogP) is 3.10. The SMILES string of the molecule is Cc1nc2cnc(-c3cnc(N4CCNCC4)nc3)cn2c1Cc1ccccc1OC(F)F. The van der Waals surface area contributed by atoms with E-state index >= 15 is 0 Å². The number of aromatic nitrogens is 5. The number of alkyl halides is 2. The summed E-state index contributed by atoms with van der Waals surface area (Å²) < 4.78 is 32.3. The van der Waals surface area contributed by atoms with Crippen molar-refractivity contribution in [2.75, 3.05) is 31.1 Å². The van der Waals surface area contributed by atoms with Crippen LogP contribution in [0.25, 0.3) is 16.9 Å². The van der Waals surface area contributed by atoms with Gasteiger partial charge < -0.3 is 15.0 Å². The Labute approximate surface area is 189 Å². The van der Waals surface area contributed by atoms with E-state index in [0.717, 1.165) is 43.1 Å². The molecule has 5 rings (SSSR count). The molecule has 0 saturated carbocycles. The number of nitrogens with one attached hydrogen (secondary N) is 1. The first-order valence-electron chi connectivity index (χ1n) is 10.7. The van der Waals surface area contributed by atoms with Gasteiger partial charge in [-0.25, -0.2) is 15.0 Å². The third-order valence-corrected chi connectivity index (χ3v) is 5.69.